The first-order valence-corrected chi connectivity index (χ1v) is 7.95. The summed E-state index contributed by atoms with van der Waals surface area (Å²) >= 11 is 10.1. The van der Waals surface area contributed by atoms with Crippen molar-refractivity contribution in [3.8, 4) is 5.75 Å². The van der Waals surface area contributed by atoms with E-state index in [9.17, 15) is 4.39 Å². The van der Waals surface area contributed by atoms with Crippen LogP contribution in [0.3, 0.4) is 0 Å². The summed E-state index contributed by atoms with van der Waals surface area (Å²) in [6.07, 6.45) is 0.429. The first kappa shape index (κ1) is 15.3. The summed E-state index contributed by atoms with van der Waals surface area (Å²) in [5, 5.41) is 2.67. The summed E-state index contributed by atoms with van der Waals surface area (Å²) in [6, 6.07) is 14.7. The fraction of sp³-hybridized carbons (Fsp3) is 0.111. The summed E-state index contributed by atoms with van der Waals surface area (Å²) < 4.78 is 20.1. The molecule has 3 aromatic rings. The maximum atomic E-state index is 14.1. The summed E-state index contributed by atoms with van der Waals surface area (Å²) in [6.45, 7) is 0. The number of fused-ring (bicyclic) bond motifs is 1. The molecule has 0 bridgehead atoms. The summed E-state index contributed by atoms with van der Waals surface area (Å²) in [5.74, 6) is 0.215. The maximum absolute atomic E-state index is 14.1. The second-order valence-electron chi connectivity index (χ2n) is 5.01. The van der Waals surface area contributed by atoms with Gasteiger partial charge < -0.3 is 4.74 Å². The van der Waals surface area contributed by atoms with Crippen LogP contribution in [0.1, 0.15) is 11.1 Å². The van der Waals surface area contributed by atoms with Crippen LogP contribution >= 0.6 is 27.5 Å². The SMILES string of the molecule is COc1ccc(Cc2cc(Br)c3ccccc3c2Cl)c(F)c1. The van der Waals surface area contributed by atoms with E-state index in [4.69, 9.17) is 16.3 Å². The molecule has 0 fully saturated rings. The molecule has 0 aliphatic carbocycles. The van der Waals surface area contributed by atoms with Crippen molar-refractivity contribution in [2.75, 3.05) is 7.11 Å². The predicted molar refractivity (Wildman–Crippen MR) is 92.4 cm³/mol. The smallest absolute Gasteiger partial charge is 0.130 e. The molecule has 0 amide bonds. The minimum absolute atomic E-state index is 0.292. The fourth-order valence-corrected chi connectivity index (χ4v) is 3.39. The largest absolute Gasteiger partial charge is 0.497 e. The average Bonchev–Trinajstić information content (AvgIpc) is 2.54. The highest BCUT2D eigenvalue weighted by Crippen LogP contribution is 2.34. The first-order valence-electron chi connectivity index (χ1n) is 6.78. The lowest BCUT2D eigenvalue weighted by Crippen LogP contribution is -1.96. The van der Waals surface area contributed by atoms with Gasteiger partial charge in [0.2, 0.25) is 0 Å². The van der Waals surface area contributed by atoms with Crippen LogP contribution in [0.5, 0.6) is 5.75 Å². The van der Waals surface area contributed by atoms with E-state index in [1.165, 1.54) is 13.2 Å². The van der Waals surface area contributed by atoms with Crippen LogP contribution in [0.25, 0.3) is 10.8 Å². The summed E-state index contributed by atoms with van der Waals surface area (Å²) in [7, 11) is 1.52. The molecule has 0 aliphatic heterocycles. The number of benzene rings is 3. The van der Waals surface area contributed by atoms with Gasteiger partial charge in [0.25, 0.3) is 0 Å². The van der Waals surface area contributed by atoms with Crippen molar-refractivity contribution in [3.63, 3.8) is 0 Å². The van der Waals surface area contributed by atoms with Crippen LogP contribution in [0, 0.1) is 5.82 Å². The van der Waals surface area contributed by atoms with Gasteiger partial charge in [-0.15, -0.1) is 0 Å². The molecule has 0 aromatic heterocycles. The quantitative estimate of drug-likeness (QED) is 0.543. The van der Waals surface area contributed by atoms with E-state index >= 15 is 0 Å². The monoisotopic (exact) mass is 378 g/mol. The first-order chi connectivity index (χ1) is 10.6. The van der Waals surface area contributed by atoms with E-state index in [-0.39, 0.29) is 5.82 Å². The summed E-state index contributed by atoms with van der Waals surface area (Å²) in [5.41, 5.74) is 1.47. The van der Waals surface area contributed by atoms with Crippen LogP contribution in [0.15, 0.2) is 53.0 Å². The standard InChI is InChI=1S/C18H13BrClFO/c1-22-13-7-6-11(17(21)10-13)8-12-9-16(19)14-4-2-3-5-15(14)18(12)20/h2-7,9-10H,8H2,1H3. The molecule has 0 spiro atoms. The Hall–Kier alpha value is -1.58. The van der Waals surface area contributed by atoms with E-state index in [0.29, 0.717) is 22.8 Å². The van der Waals surface area contributed by atoms with Crippen molar-refractivity contribution >= 4 is 38.3 Å². The van der Waals surface area contributed by atoms with E-state index in [1.807, 2.05) is 30.3 Å². The lowest BCUT2D eigenvalue weighted by Gasteiger charge is -2.11. The van der Waals surface area contributed by atoms with Crippen LogP contribution in [-0.4, -0.2) is 7.11 Å². The highest BCUT2D eigenvalue weighted by Gasteiger charge is 2.12. The molecule has 3 aromatic carbocycles. The number of rotatable bonds is 3. The molecule has 0 N–H and O–H groups in total. The second kappa shape index (κ2) is 6.27. The van der Waals surface area contributed by atoms with Crippen molar-refractivity contribution in [3.05, 3.63) is 75.0 Å². The summed E-state index contributed by atoms with van der Waals surface area (Å²) in [4.78, 5) is 0. The third kappa shape index (κ3) is 2.83. The van der Waals surface area contributed by atoms with Crippen molar-refractivity contribution in [1.29, 1.82) is 0 Å². The van der Waals surface area contributed by atoms with Gasteiger partial charge in [-0.05, 0) is 28.6 Å². The van der Waals surface area contributed by atoms with Crippen molar-refractivity contribution < 1.29 is 9.13 Å². The van der Waals surface area contributed by atoms with Crippen molar-refractivity contribution in [2.24, 2.45) is 0 Å². The Kier molecular flexibility index (Phi) is 4.37. The van der Waals surface area contributed by atoms with Crippen LogP contribution in [0.4, 0.5) is 4.39 Å². The lowest BCUT2D eigenvalue weighted by atomic mass is 10.0. The number of halogens is 3. The minimum Gasteiger partial charge on any atom is -0.497 e. The van der Waals surface area contributed by atoms with Gasteiger partial charge in [-0.1, -0.05) is 57.9 Å². The third-order valence-corrected chi connectivity index (χ3v) is 4.75. The second-order valence-corrected chi connectivity index (χ2v) is 6.24. The van der Waals surface area contributed by atoms with Crippen molar-refractivity contribution in [2.45, 2.75) is 6.42 Å². The van der Waals surface area contributed by atoms with Crippen LogP contribution in [-0.2, 0) is 6.42 Å². The average molecular weight is 380 g/mol. The van der Waals surface area contributed by atoms with Gasteiger partial charge in [-0.2, -0.15) is 0 Å². The van der Waals surface area contributed by atoms with E-state index in [1.54, 1.807) is 12.1 Å². The number of hydrogen-bond donors (Lipinski definition) is 0. The molecule has 0 unspecified atom stereocenters. The molecular weight excluding hydrogens is 367 g/mol. The third-order valence-electron chi connectivity index (χ3n) is 3.64. The molecule has 0 saturated heterocycles. The zero-order chi connectivity index (χ0) is 15.7. The topological polar surface area (TPSA) is 9.23 Å². The van der Waals surface area contributed by atoms with E-state index in [0.717, 1.165) is 20.8 Å². The molecule has 3 rings (SSSR count). The van der Waals surface area contributed by atoms with Gasteiger partial charge in [-0.3, -0.25) is 0 Å². The molecule has 0 radical (unpaired) electrons. The molecular formula is C18H13BrClFO. The van der Waals surface area contributed by atoms with Gasteiger partial charge in [-0.25, -0.2) is 4.39 Å². The predicted octanol–water partition coefficient (Wildman–Crippen LogP) is 5.99. The Balaban J connectivity index is 2.06. The Morgan fingerprint density at radius 2 is 1.77 bits per heavy atom. The lowest BCUT2D eigenvalue weighted by molar-refractivity contribution is 0.411. The van der Waals surface area contributed by atoms with Crippen LogP contribution < -0.4 is 4.74 Å². The molecule has 0 aliphatic rings. The molecule has 0 saturated carbocycles. The van der Waals surface area contributed by atoms with Crippen LogP contribution in [0.2, 0.25) is 5.02 Å². The molecule has 22 heavy (non-hydrogen) atoms. The number of hydrogen-bond acceptors (Lipinski definition) is 1. The van der Waals surface area contributed by atoms with Gasteiger partial charge in [0.1, 0.15) is 11.6 Å². The van der Waals surface area contributed by atoms with E-state index in [2.05, 4.69) is 15.9 Å². The molecule has 0 heterocycles. The Morgan fingerprint density at radius 3 is 2.45 bits per heavy atom. The maximum Gasteiger partial charge on any atom is 0.130 e. The highest BCUT2D eigenvalue weighted by molar-refractivity contribution is 9.10. The van der Waals surface area contributed by atoms with Gasteiger partial charge >= 0.3 is 0 Å². The Bertz CT molecular complexity index is 848. The Labute approximate surface area is 141 Å². The normalized spacial score (nSPS) is 10.9. The Morgan fingerprint density at radius 1 is 1.05 bits per heavy atom. The molecule has 0 atom stereocenters. The number of ether oxygens (including phenoxy) is 1. The number of methoxy groups -OCH3 is 1. The highest BCUT2D eigenvalue weighted by atomic mass is 79.9. The van der Waals surface area contributed by atoms with E-state index < -0.39 is 0 Å². The minimum atomic E-state index is -0.292. The molecule has 112 valence electrons. The molecule has 4 heteroatoms. The zero-order valence-corrected chi connectivity index (χ0v) is 14.2. The van der Waals surface area contributed by atoms with Gasteiger partial charge in [0, 0.05) is 22.3 Å². The van der Waals surface area contributed by atoms with Gasteiger partial charge in [0.15, 0.2) is 0 Å². The fourth-order valence-electron chi connectivity index (χ4n) is 2.48. The molecule has 1 nitrogen and oxygen atoms in total. The van der Waals surface area contributed by atoms with Gasteiger partial charge in [0.05, 0.1) is 12.1 Å². The van der Waals surface area contributed by atoms with Crippen molar-refractivity contribution in [1.82, 2.24) is 0 Å². The zero-order valence-electron chi connectivity index (χ0n) is 11.9.